The van der Waals surface area contributed by atoms with Crippen molar-refractivity contribution in [1.29, 1.82) is 0 Å². The van der Waals surface area contributed by atoms with Crippen LogP contribution in [0.2, 0.25) is 0 Å². The topological polar surface area (TPSA) is 106 Å². The van der Waals surface area contributed by atoms with Crippen LogP contribution in [0.4, 0.5) is 17.3 Å². The maximum Gasteiger partial charge on any atom is 0.269 e. The Morgan fingerprint density at radius 1 is 1.28 bits per heavy atom. The van der Waals surface area contributed by atoms with Gasteiger partial charge >= 0.3 is 0 Å². The van der Waals surface area contributed by atoms with E-state index in [0.717, 1.165) is 24.5 Å². The summed E-state index contributed by atoms with van der Waals surface area (Å²) in [5.41, 5.74) is 4.44. The van der Waals surface area contributed by atoms with Crippen LogP contribution >= 0.6 is 0 Å². The highest BCUT2D eigenvalue weighted by atomic mass is 16.6. The number of anilines is 2. The lowest BCUT2D eigenvalue weighted by molar-refractivity contribution is -0.384. The Hall–Kier alpha value is -3.07. The number of hydrazone groups is 1. The number of nitro groups is 1. The largest absolute Gasteiger partial charge is 0.378 e. The molecule has 2 aromatic rings. The van der Waals surface area contributed by atoms with Gasteiger partial charge in [0.1, 0.15) is 12.1 Å². The molecule has 0 bridgehead atoms. The predicted molar refractivity (Wildman–Crippen MR) is 94.0 cm³/mol. The van der Waals surface area contributed by atoms with Crippen LogP contribution in [0, 0.1) is 10.1 Å². The molecule has 1 N–H and O–H groups in total. The van der Waals surface area contributed by atoms with Crippen molar-refractivity contribution in [3.63, 3.8) is 0 Å². The first-order valence-electron chi connectivity index (χ1n) is 7.83. The van der Waals surface area contributed by atoms with Crippen molar-refractivity contribution in [2.75, 3.05) is 36.6 Å². The molecule has 0 saturated carbocycles. The van der Waals surface area contributed by atoms with Crippen LogP contribution in [-0.2, 0) is 4.74 Å². The standard InChI is InChI=1S/C16H18N6O3/c1-12(13-2-4-14(5-3-13)22(23)24)19-20-15-10-16(18-11-17-15)21-6-8-25-9-7-21/h2-5,10-11H,6-9H2,1H3,(H,17,18,20)/b19-12+. The summed E-state index contributed by atoms with van der Waals surface area (Å²) in [4.78, 5) is 20.8. The molecule has 1 aromatic heterocycles. The van der Waals surface area contributed by atoms with E-state index in [2.05, 4.69) is 25.4 Å². The van der Waals surface area contributed by atoms with E-state index in [1.807, 2.05) is 13.0 Å². The van der Waals surface area contributed by atoms with Gasteiger partial charge in [0.25, 0.3) is 5.69 Å². The van der Waals surface area contributed by atoms with Crippen molar-refractivity contribution in [1.82, 2.24) is 9.97 Å². The van der Waals surface area contributed by atoms with Crippen molar-refractivity contribution < 1.29 is 9.66 Å². The highest BCUT2D eigenvalue weighted by Crippen LogP contribution is 2.16. The molecule has 1 aliphatic heterocycles. The minimum absolute atomic E-state index is 0.0514. The van der Waals surface area contributed by atoms with Crippen molar-refractivity contribution in [2.24, 2.45) is 5.10 Å². The van der Waals surface area contributed by atoms with Gasteiger partial charge in [-0.25, -0.2) is 9.97 Å². The van der Waals surface area contributed by atoms with Crippen LogP contribution in [0.3, 0.4) is 0 Å². The summed E-state index contributed by atoms with van der Waals surface area (Å²) >= 11 is 0. The summed E-state index contributed by atoms with van der Waals surface area (Å²) in [5, 5.41) is 15.0. The minimum atomic E-state index is -0.428. The molecule has 9 heteroatoms. The second kappa shape index (κ2) is 7.67. The van der Waals surface area contributed by atoms with Crippen LogP contribution in [-0.4, -0.2) is 46.9 Å². The zero-order chi connectivity index (χ0) is 17.6. The van der Waals surface area contributed by atoms with Crippen LogP contribution in [0.15, 0.2) is 41.8 Å². The fraction of sp³-hybridized carbons (Fsp3) is 0.312. The fourth-order valence-corrected chi connectivity index (χ4v) is 2.40. The maximum absolute atomic E-state index is 10.7. The predicted octanol–water partition coefficient (Wildman–Crippen LogP) is 2.06. The number of aromatic nitrogens is 2. The van der Waals surface area contributed by atoms with Crippen LogP contribution in [0.25, 0.3) is 0 Å². The molecule has 0 amide bonds. The number of rotatable bonds is 5. The van der Waals surface area contributed by atoms with Crippen LogP contribution in [0.5, 0.6) is 0 Å². The van der Waals surface area contributed by atoms with Gasteiger partial charge in [-0.15, -0.1) is 0 Å². The molecular weight excluding hydrogens is 324 g/mol. The smallest absolute Gasteiger partial charge is 0.269 e. The van der Waals surface area contributed by atoms with E-state index in [1.54, 1.807) is 12.1 Å². The molecule has 2 heterocycles. The zero-order valence-corrected chi connectivity index (χ0v) is 13.8. The summed E-state index contributed by atoms with van der Waals surface area (Å²) in [6.45, 7) is 4.77. The normalized spacial score (nSPS) is 15.1. The third-order valence-electron chi connectivity index (χ3n) is 3.82. The molecule has 0 atom stereocenters. The third kappa shape index (κ3) is 4.27. The fourth-order valence-electron chi connectivity index (χ4n) is 2.40. The SMILES string of the molecule is C/C(=N\Nc1cc(N2CCOCC2)ncn1)c1ccc([N+](=O)[O-])cc1. The first-order chi connectivity index (χ1) is 12.1. The van der Waals surface area contributed by atoms with Crippen molar-refractivity contribution >= 4 is 23.0 Å². The van der Waals surface area contributed by atoms with E-state index in [0.29, 0.717) is 24.7 Å². The van der Waals surface area contributed by atoms with Gasteiger partial charge in [-0.1, -0.05) is 0 Å². The number of hydrogen-bond donors (Lipinski definition) is 1. The molecule has 0 spiro atoms. The lowest BCUT2D eigenvalue weighted by Gasteiger charge is -2.27. The third-order valence-corrected chi connectivity index (χ3v) is 3.82. The Balaban J connectivity index is 1.69. The Labute approximate surface area is 144 Å². The maximum atomic E-state index is 10.7. The number of hydrogen-bond acceptors (Lipinski definition) is 8. The number of non-ortho nitro benzene ring substituents is 1. The minimum Gasteiger partial charge on any atom is -0.378 e. The Morgan fingerprint density at radius 3 is 2.68 bits per heavy atom. The lowest BCUT2D eigenvalue weighted by atomic mass is 10.1. The first kappa shape index (κ1) is 16.8. The van der Waals surface area contributed by atoms with Crippen LogP contribution < -0.4 is 10.3 Å². The molecule has 130 valence electrons. The molecule has 3 rings (SSSR count). The second-order valence-corrected chi connectivity index (χ2v) is 5.47. The van der Waals surface area contributed by atoms with E-state index < -0.39 is 4.92 Å². The molecule has 9 nitrogen and oxygen atoms in total. The molecule has 1 fully saturated rings. The summed E-state index contributed by atoms with van der Waals surface area (Å²) in [5.74, 6) is 1.40. The molecular formula is C16H18N6O3. The first-order valence-corrected chi connectivity index (χ1v) is 7.83. The van der Waals surface area contributed by atoms with E-state index in [9.17, 15) is 10.1 Å². The summed E-state index contributed by atoms with van der Waals surface area (Å²) in [6, 6.07) is 8.07. The molecule has 25 heavy (non-hydrogen) atoms. The highest BCUT2D eigenvalue weighted by molar-refractivity contribution is 5.99. The lowest BCUT2D eigenvalue weighted by Crippen LogP contribution is -2.36. The van der Waals surface area contributed by atoms with E-state index >= 15 is 0 Å². The average Bonchev–Trinajstić information content (AvgIpc) is 2.67. The Kier molecular flexibility index (Phi) is 5.14. The number of nitrogens with zero attached hydrogens (tertiary/aromatic N) is 5. The van der Waals surface area contributed by atoms with Crippen LogP contribution in [0.1, 0.15) is 12.5 Å². The van der Waals surface area contributed by atoms with Gasteiger partial charge in [0.05, 0.1) is 23.8 Å². The number of benzene rings is 1. The van der Waals surface area contributed by atoms with E-state index in [1.165, 1.54) is 18.5 Å². The van der Waals surface area contributed by atoms with Gasteiger partial charge < -0.3 is 9.64 Å². The summed E-state index contributed by atoms with van der Waals surface area (Å²) < 4.78 is 5.34. The van der Waals surface area contributed by atoms with Gasteiger partial charge in [-0.2, -0.15) is 5.10 Å². The zero-order valence-electron chi connectivity index (χ0n) is 13.8. The molecule has 0 aliphatic carbocycles. The van der Waals surface area contributed by atoms with E-state index in [4.69, 9.17) is 4.74 Å². The Morgan fingerprint density at radius 2 is 2.00 bits per heavy atom. The number of nitro benzene ring substituents is 1. The number of nitrogens with one attached hydrogen (secondary N) is 1. The van der Waals surface area contributed by atoms with Gasteiger partial charge in [0, 0.05) is 31.3 Å². The molecule has 0 radical (unpaired) electrons. The Bertz CT molecular complexity index is 772. The van der Waals surface area contributed by atoms with Crippen molar-refractivity contribution in [3.8, 4) is 0 Å². The molecule has 1 saturated heterocycles. The second-order valence-electron chi connectivity index (χ2n) is 5.47. The van der Waals surface area contributed by atoms with Gasteiger partial charge in [-0.3, -0.25) is 15.5 Å². The van der Waals surface area contributed by atoms with Gasteiger partial charge in [0.15, 0.2) is 5.82 Å². The van der Waals surface area contributed by atoms with Gasteiger partial charge in [0.2, 0.25) is 0 Å². The van der Waals surface area contributed by atoms with Crippen molar-refractivity contribution in [3.05, 3.63) is 52.3 Å². The average molecular weight is 342 g/mol. The van der Waals surface area contributed by atoms with E-state index in [-0.39, 0.29) is 5.69 Å². The van der Waals surface area contributed by atoms with Crippen molar-refractivity contribution in [2.45, 2.75) is 6.92 Å². The summed E-state index contributed by atoms with van der Waals surface area (Å²) in [6.07, 6.45) is 1.49. The highest BCUT2D eigenvalue weighted by Gasteiger charge is 2.13. The van der Waals surface area contributed by atoms with Gasteiger partial charge in [-0.05, 0) is 24.6 Å². The number of morpholine rings is 1. The molecule has 1 aromatic carbocycles. The molecule has 1 aliphatic rings. The monoisotopic (exact) mass is 342 g/mol. The number of ether oxygens (including phenoxy) is 1. The molecule has 0 unspecified atom stereocenters. The quantitative estimate of drug-likeness (QED) is 0.503. The summed E-state index contributed by atoms with van der Waals surface area (Å²) in [7, 11) is 0.